The van der Waals surface area contributed by atoms with Crippen LogP contribution in [0.3, 0.4) is 0 Å². The van der Waals surface area contributed by atoms with Crippen molar-refractivity contribution in [2.45, 2.75) is 19.8 Å². The summed E-state index contributed by atoms with van der Waals surface area (Å²) in [5, 5.41) is 8.55. The molecule has 0 saturated carbocycles. The average molecular weight is 325 g/mol. The number of hydrogen-bond donors (Lipinski definition) is 3. The van der Waals surface area contributed by atoms with Gasteiger partial charge in [0.25, 0.3) is 5.91 Å². The highest BCUT2D eigenvalue weighted by molar-refractivity contribution is 5.96. The highest BCUT2D eigenvalue weighted by atomic mass is 16.2. The van der Waals surface area contributed by atoms with Crippen LogP contribution in [-0.4, -0.2) is 25.4 Å². The average Bonchev–Trinajstić information content (AvgIpc) is 2.59. The zero-order valence-electron chi connectivity index (χ0n) is 14.2. The van der Waals surface area contributed by atoms with Crippen LogP contribution in [0, 0.1) is 0 Å². The van der Waals surface area contributed by atoms with Gasteiger partial charge in [-0.15, -0.1) is 0 Å². The third-order valence-corrected chi connectivity index (χ3v) is 3.66. The summed E-state index contributed by atoms with van der Waals surface area (Å²) in [6, 6.07) is 14.8. The van der Waals surface area contributed by atoms with E-state index in [-0.39, 0.29) is 18.4 Å². The van der Waals surface area contributed by atoms with Crippen molar-refractivity contribution in [1.29, 1.82) is 0 Å². The minimum Gasteiger partial charge on any atom is -0.376 e. The topological polar surface area (TPSA) is 70.2 Å². The Labute approximate surface area is 142 Å². The van der Waals surface area contributed by atoms with Crippen molar-refractivity contribution in [3.8, 4) is 0 Å². The van der Waals surface area contributed by atoms with Crippen molar-refractivity contribution >= 4 is 23.2 Å². The van der Waals surface area contributed by atoms with Gasteiger partial charge >= 0.3 is 0 Å². The first-order valence-corrected chi connectivity index (χ1v) is 7.96. The molecule has 0 saturated heterocycles. The molecular formula is C19H23N3O2. The molecule has 0 bridgehead atoms. The Kier molecular flexibility index (Phi) is 5.95. The largest absolute Gasteiger partial charge is 0.376 e. The summed E-state index contributed by atoms with van der Waals surface area (Å²) in [5.41, 5.74) is 3.21. The van der Waals surface area contributed by atoms with E-state index < -0.39 is 0 Å². The van der Waals surface area contributed by atoms with Gasteiger partial charge in [-0.2, -0.15) is 0 Å². The number of nitrogens with one attached hydrogen (secondary N) is 3. The zero-order chi connectivity index (χ0) is 17.5. The van der Waals surface area contributed by atoms with Gasteiger partial charge in [-0.05, 0) is 35.7 Å². The maximum absolute atomic E-state index is 12.2. The van der Waals surface area contributed by atoms with Crippen LogP contribution in [0.4, 0.5) is 11.4 Å². The Balaban J connectivity index is 1.98. The molecule has 0 aliphatic heterocycles. The highest BCUT2D eigenvalue weighted by Gasteiger charge is 2.09. The molecule has 0 atom stereocenters. The van der Waals surface area contributed by atoms with Gasteiger partial charge in [-0.25, -0.2) is 0 Å². The first kappa shape index (κ1) is 17.5. The van der Waals surface area contributed by atoms with E-state index in [9.17, 15) is 9.59 Å². The predicted octanol–water partition coefficient (Wildman–Crippen LogP) is 3.22. The molecule has 0 fully saturated rings. The molecule has 2 amide bonds. The lowest BCUT2D eigenvalue weighted by Crippen LogP contribution is -2.23. The Morgan fingerprint density at radius 3 is 2.50 bits per heavy atom. The minimum absolute atomic E-state index is 0.129. The Morgan fingerprint density at radius 2 is 1.79 bits per heavy atom. The van der Waals surface area contributed by atoms with Crippen molar-refractivity contribution in [1.82, 2.24) is 5.32 Å². The van der Waals surface area contributed by atoms with E-state index in [1.54, 1.807) is 25.2 Å². The van der Waals surface area contributed by atoms with E-state index >= 15 is 0 Å². The van der Waals surface area contributed by atoms with E-state index in [0.717, 1.165) is 16.9 Å². The fourth-order valence-electron chi connectivity index (χ4n) is 2.41. The van der Waals surface area contributed by atoms with Gasteiger partial charge in [-0.1, -0.05) is 38.1 Å². The van der Waals surface area contributed by atoms with Gasteiger partial charge in [-0.3, -0.25) is 9.59 Å². The van der Waals surface area contributed by atoms with Crippen molar-refractivity contribution in [3.63, 3.8) is 0 Å². The molecular weight excluding hydrogens is 302 g/mol. The summed E-state index contributed by atoms with van der Waals surface area (Å²) in [4.78, 5) is 23.8. The van der Waals surface area contributed by atoms with Crippen LogP contribution in [0.5, 0.6) is 0 Å². The van der Waals surface area contributed by atoms with Crippen molar-refractivity contribution in [2.75, 3.05) is 24.2 Å². The van der Waals surface area contributed by atoms with Crippen LogP contribution in [0.2, 0.25) is 0 Å². The van der Waals surface area contributed by atoms with E-state index in [1.165, 1.54) is 0 Å². The summed E-state index contributed by atoms with van der Waals surface area (Å²) < 4.78 is 0. The quantitative estimate of drug-likeness (QED) is 0.764. The lowest BCUT2D eigenvalue weighted by Gasteiger charge is -2.14. The number of anilines is 2. The number of para-hydroxylation sites is 1. The SMILES string of the molecule is CNC(=O)c1cccc(NCC(=O)Nc2ccccc2C(C)C)c1. The second kappa shape index (κ2) is 8.15. The van der Waals surface area contributed by atoms with Gasteiger partial charge in [0.2, 0.25) is 5.91 Å². The summed E-state index contributed by atoms with van der Waals surface area (Å²) in [7, 11) is 1.59. The van der Waals surface area contributed by atoms with Crippen LogP contribution >= 0.6 is 0 Å². The monoisotopic (exact) mass is 325 g/mol. The number of amides is 2. The van der Waals surface area contributed by atoms with Crippen LogP contribution in [0.1, 0.15) is 35.7 Å². The number of rotatable bonds is 6. The lowest BCUT2D eigenvalue weighted by atomic mass is 10.0. The molecule has 0 heterocycles. The molecule has 0 aromatic heterocycles. The molecule has 24 heavy (non-hydrogen) atoms. The molecule has 126 valence electrons. The van der Waals surface area contributed by atoms with Gasteiger partial charge in [0.1, 0.15) is 0 Å². The van der Waals surface area contributed by atoms with Crippen molar-refractivity contribution in [2.24, 2.45) is 0 Å². The lowest BCUT2D eigenvalue weighted by molar-refractivity contribution is -0.114. The zero-order valence-corrected chi connectivity index (χ0v) is 14.2. The van der Waals surface area contributed by atoms with E-state index in [4.69, 9.17) is 0 Å². The van der Waals surface area contributed by atoms with Crippen LogP contribution < -0.4 is 16.0 Å². The number of benzene rings is 2. The van der Waals surface area contributed by atoms with Gasteiger partial charge in [0, 0.05) is 24.0 Å². The van der Waals surface area contributed by atoms with Crippen molar-refractivity contribution in [3.05, 3.63) is 59.7 Å². The normalized spacial score (nSPS) is 10.3. The molecule has 0 aliphatic rings. The molecule has 0 aliphatic carbocycles. The second-order valence-corrected chi connectivity index (χ2v) is 5.80. The molecule has 0 unspecified atom stereocenters. The standard InChI is InChI=1S/C19H23N3O2/c1-13(2)16-9-4-5-10-17(16)22-18(23)12-21-15-8-6-7-14(11-15)19(24)20-3/h4-11,13,21H,12H2,1-3H3,(H,20,24)(H,22,23). The maximum atomic E-state index is 12.2. The third kappa shape index (κ3) is 4.59. The smallest absolute Gasteiger partial charge is 0.251 e. The Morgan fingerprint density at radius 1 is 1.04 bits per heavy atom. The van der Waals surface area contributed by atoms with Gasteiger partial charge in [0.05, 0.1) is 6.54 Å². The highest BCUT2D eigenvalue weighted by Crippen LogP contribution is 2.23. The molecule has 3 N–H and O–H groups in total. The van der Waals surface area contributed by atoms with E-state index in [0.29, 0.717) is 11.5 Å². The molecule has 0 spiro atoms. The third-order valence-electron chi connectivity index (χ3n) is 3.66. The van der Waals surface area contributed by atoms with E-state index in [2.05, 4.69) is 29.8 Å². The molecule has 5 nitrogen and oxygen atoms in total. The first-order chi connectivity index (χ1) is 11.5. The fourth-order valence-corrected chi connectivity index (χ4v) is 2.41. The Hall–Kier alpha value is -2.82. The maximum Gasteiger partial charge on any atom is 0.251 e. The molecule has 5 heteroatoms. The van der Waals surface area contributed by atoms with Crippen LogP contribution in [0.15, 0.2) is 48.5 Å². The molecule has 2 rings (SSSR count). The first-order valence-electron chi connectivity index (χ1n) is 7.96. The summed E-state index contributed by atoms with van der Waals surface area (Å²) in [5.74, 6) is 0.0427. The summed E-state index contributed by atoms with van der Waals surface area (Å²) in [6.07, 6.45) is 0. The molecule has 0 radical (unpaired) electrons. The summed E-state index contributed by atoms with van der Waals surface area (Å²) in [6.45, 7) is 4.31. The summed E-state index contributed by atoms with van der Waals surface area (Å²) >= 11 is 0. The van der Waals surface area contributed by atoms with Crippen LogP contribution in [0.25, 0.3) is 0 Å². The van der Waals surface area contributed by atoms with Crippen molar-refractivity contribution < 1.29 is 9.59 Å². The molecule has 2 aromatic carbocycles. The number of carbonyl (C=O) groups is 2. The second-order valence-electron chi connectivity index (χ2n) is 5.80. The van der Waals surface area contributed by atoms with Gasteiger partial charge in [0.15, 0.2) is 0 Å². The number of carbonyl (C=O) groups excluding carboxylic acids is 2. The minimum atomic E-state index is -0.158. The van der Waals surface area contributed by atoms with Crippen LogP contribution in [-0.2, 0) is 4.79 Å². The predicted molar refractivity (Wildman–Crippen MR) is 97.5 cm³/mol. The fraction of sp³-hybridized carbons (Fsp3) is 0.263. The van der Waals surface area contributed by atoms with Gasteiger partial charge < -0.3 is 16.0 Å². The van der Waals surface area contributed by atoms with E-state index in [1.807, 2.05) is 30.3 Å². The number of hydrogen-bond acceptors (Lipinski definition) is 3. The molecule has 2 aromatic rings. The Bertz CT molecular complexity index is 726.